The third-order valence-corrected chi connectivity index (χ3v) is 2.84. The largest absolute Gasteiger partial charge is 0.478 e. The number of hydrogen-bond donors (Lipinski definition) is 2. The Bertz CT molecular complexity index is 506. The molecule has 0 aliphatic rings. The van der Waals surface area contributed by atoms with Gasteiger partial charge in [0.1, 0.15) is 0 Å². The summed E-state index contributed by atoms with van der Waals surface area (Å²) >= 11 is 5.82. The Morgan fingerprint density at radius 2 is 1.85 bits per heavy atom. The molecule has 0 heterocycles. The highest BCUT2D eigenvalue weighted by Gasteiger charge is 2.11. The lowest BCUT2D eigenvalue weighted by Crippen LogP contribution is -2.36. The molecule has 0 aliphatic carbocycles. The number of carbonyl (C=O) groups is 2. The molecule has 6 nitrogen and oxygen atoms in total. The maximum Gasteiger partial charge on any atom is 0.335 e. The molecule has 0 saturated heterocycles. The first-order valence-electron chi connectivity index (χ1n) is 6.00. The van der Waals surface area contributed by atoms with Gasteiger partial charge in [0, 0.05) is 30.8 Å². The van der Waals surface area contributed by atoms with Gasteiger partial charge in [-0.15, -0.1) is 0 Å². The molecular weight excluding hydrogens is 282 g/mol. The van der Waals surface area contributed by atoms with Gasteiger partial charge in [0.15, 0.2) is 0 Å². The van der Waals surface area contributed by atoms with Crippen molar-refractivity contribution in [3.8, 4) is 0 Å². The Kier molecular flexibility index (Phi) is 5.79. The van der Waals surface area contributed by atoms with Gasteiger partial charge in [-0.05, 0) is 32.3 Å². The number of aromatic carboxylic acids is 1. The van der Waals surface area contributed by atoms with E-state index in [1.807, 2.05) is 19.0 Å². The van der Waals surface area contributed by atoms with E-state index in [0.29, 0.717) is 12.2 Å². The van der Waals surface area contributed by atoms with Crippen molar-refractivity contribution >= 4 is 29.3 Å². The minimum atomic E-state index is -1.09. The van der Waals surface area contributed by atoms with Gasteiger partial charge < -0.3 is 20.2 Å². The average molecular weight is 300 g/mol. The molecular formula is C13H18ClN3O3. The number of anilines is 1. The Labute approximate surface area is 122 Å². The van der Waals surface area contributed by atoms with E-state index in [0.717, 1.165) is 6.54 Å². The van der Waals surface area contributed by atoms with Gasteiger partial charge in [-0.3, -0.25) is 0 Å². The second-order valence-corrected chi connectivity index (χ2v) is 5.13. The van der Waals surface area contributed by atoms with E-state index in [4.69, 9.17) is 16.7 Å². The van der Waals surface area contributed by atoms with Crippen LogP contribution in [0.25, 0.3) is 0 Å². The number of nitrogens with zero attached hydrogens (tertiary/aromatic N) is 2. The summed E-state index contributed by atoms with van der Waals surface area (Å²) in [5.74, 6) is -1.09. The lowest BCUT2D eigenvalue weighted by Gasteiger charge is -2.20. The minimum Gasteiger partial charge on any atom is -0.478 e. The van der Waals surface area contributed by atoms with Crippen molar-refractivity contribution in [3.05, 3.63) is 28.8 Å². The monoisotopic (exact) mass is 299 g/mol. The molecule has 110 valence electrons. The van der Waals surface area contributed by atoms with E-state index in [-0.39, 0.29) is 16.6 Å². The quantitative estimate of drug-likeness (QED) is 0.873. The van der Waals surface area contributed by atoms with E-state index in [2.05, 4.69) is 5.32 Å². The van der Waals surface area contributed by atoms with Crippen LogP contribution < -0.4 is 5.32 Å². The number of carbonyl (C=O) groups excluding carboxylic acids is 1. The van der Waals surface area contributed by atoms with Gasteiger partial charge in [-0.25, -0.2) is 9.59 Å². The molecule has 1 rings (SSSR count). The molecule has 0 saturated carbocycles. The van der Waals surface area contributed by atoms with Crippen LogP contribution in [-0.2, 0) is 0 Å². The molecule has 7 heteroatoms. The normalized spacial score (nSPS) is 10.4. The van der Waals surface area contributed by atoms with Crippen LogP contribution >= 0.6 is 11.6 Å². The van der Waals surface area contributed by atoms with Crippen molar-refractivity contribution in [2.45, 2.75) is 0 Å². The number of benzene rings is 1. The maximum absolute atomic E-state index is 11.9. The molecule has 1 aromatic rings. The van der Waals surface area contributed by atoms with Gasteiger partial charge >= 0.3 is 12.0 Å². The van der Waals surface area contributed by atoms with Crippen LogP contribution in [0.1, 0.15) is 10.4 Å². The van der Waals surface area contributed by atoms with Crippen LogP contribution in [-0.4, -0.2) is 61.1 Å². The first kappa shape index (κ1) is 16.3. The van der Waals surface area contributed by atoms with Crippen molar-refractivity contribution in [1.82, 2.24) is 9.80 Å². The van der Waals surface area contributed by atoms with Crippen LogP contribution in [0.15, 0.2) is 18.2 Å². The average Bonchev–Trinajstić information content (AvgIpc) is 2.34. The number of halogens is 1. The highest BCUT2D eigenvalue weighted by Crippen LogP contribution is 2.19. The zero-order valence-corrected chi connectivity index (χ0v) is 12.4. The van der Waals surface area contributed by atoms with Crippen LogP contribution in [0.2, 0.25) is 5.02 Å². The molecule has 2 N–H and O–H groups in total. The molecule has 0 spiro atoms. The Morgan fingerprint density at radius 1 is 1.20 bits per heavy atom. The summed E-state index contributed by atoms with van der Waals surface area (Å²) in [5, 5.41) is 11.8. The number of hydrogen-bond acceptors (Lipinski definition) is 3. The van der Waals surface area contributed by atoms with Gasteiger partial charge in [0.25, 0.3) is 0 Å². The van der Waals surface area contributed by atoms with E-state index in [1.54, 1.807) is 7.05 Å². The molecule has 0 atom stereocenters. The standard InChI is InChI=1S/C13H18ClN3O3/c1-16(2)4-5-17(3)13(20)15-11-7-9(12(18)19)6-10(14)8-11/h6-8H,4-5H2,1-3H3,(H,15,20)(H,18,19). The fraction of sp³-hybridized carbons (Fsp3) is 0.385. The predicted molar refractivity (Wildman–Crippen MR) is 78.6 cm³/mol. The third kappa shape index (κ3) is 5.07. The van der Waals surface area contributed by atoms with Crippen LogP contribution in [0, 0.1) is 0 Å². The van der Waals surface area contributed by atoms with E-state index >= 15 is 0 Å². The summed E-state index contributed by atoms with van der Waals surface area (Å²) < 4.78 is 0. The third-order valence-electron chi connectivity index (χ3n) is 2.63. The first-order valence-corrected chi connectivity index (χ1v) is 6.38. The van der Waals surface area contributed by atoms with Crippen molar-refractivity contribution in [3.63, 3.8) is 0 Å². The minimum absolute atomic E-state index is 0.0312. The lowest BCUT2D eigenvalue weighted by atomic mass is 10.2. The smallest absolute Gasteiger partial charge is 0.335 e. The van der Waals surface area contributed by atoms with Crippen LogP contribution in [0.5, 0.6) is 0 Å². The molecule has 0 fully saturated rings. The Morgan fingerprint density at radius 3 is 2.40 bits per heavy atom. The summed E-state index contributed by atoms with van der Waals surface area (Å²) in [6.45, 7) is 1.30. The van der Waals surface area contributed by atoms with Crippen molar-refractivity contribution in [1.29, 1.82) is 0 Å². The van der Waals surface area contributed by atoms with Crippen molar-refractivity contribution in [2.24, 2.45) is 0 Å². The number of nitrogens with one attached hydrogen (secondary N) is 1. The molecule has 0 bridgehead atoms. The lowest BCUT2D eigenvalue weighted by molar-refractivity contribution is 0.0697. The van der Waals surface area contributed by atoms with Crippen molar-refractivity contribution < 1.29 is 14.7 Å². The molecule has 0 aromatic heterocycles. The van der Waals surface area contributed by atoms with Gasteiger partial charge in [-0.2, -0.15) is 0 Å². The summed E-state index contributed by atoms with van der Waals surface area (Å²) in [6, 6.07) is 3.89. The maximum atomic E-state index is 11.9. The van der Waals surface area contributed by atoms with E-state index < -0.39 is 5.97 Å². The zero-order valence-electron chi connectivity index (χ0n) is 11.7. The topological polar surface area (TPSA) is 72.9 Å². The summed E-state index contributed by atoms with van der Waals surface area (Å²) in [4.78, 5) is 26.3. The molecule has 0 unspecified atom stereocenters. The second-order valence-electron chi connectivity index (χ2n) is 4.69. The SMILES string of the molecule is CN(C)CCN(C)C(=O)Nc1cc(Cl)cc(C(=O)O)c1. The Balaban J connectivity index is 2.72. The summed E-state index contributed by atoms with van der Waals surface area (Å²) in [7, 11) is 5.51. The number of rotatable bonds is 5. The van der Waals surface area contributed by atoms with Gasteiger partial charge in [0.05, 0.1) is 5.56 Å². The number of likely N-dealkylation sites (N-methyl/N-ethyl adjacent to an activating group) is 2. The van der Waals surface area contributed by atoms with E-state index in [1.165, 1.54) is 23.1 Å². The number of carboxylic acid groups (broad SMARTS) is 1. The molecule has 0 radical (unpaired) electrons. The Hall–Kier alpha value is -1.79. The number of urea groups is 1. The highest BCUT2D eigenvalue weighted by molar-refractivity contribution is 6.31. The predicted octanol–water partition coefficient (Wildman–Crippen LogP) is 2.06. The number of carboxylic acids is 1. The molecule has 0 aliphatic heterocycles. The fourth-order valence-electron chi connectivity index (χ4n) is 1.46. The summed E-state index contributed by atoms with van der Waals surface area (Å²) in [5.41, 5.74) is 0.389. The molecule has 20 heavy (non-hydrogen) atoms. The molecule has 2 amide bonds. The highest BCUT2D eigenvalue weighted by atomic mass is 35.5. The van der Waals surface area contributed by atoms with Gasteiger partial charge in [-0.1, -0.05) is 11.6 Å². The van der Waals surface area contributed by atoms with Crippen LogP contribution in [0.3, 0.4) is 0 Å². The molecule has 1 aromatic carbocycles. The zero-order chi connectivity index (χ0) is 15.3. The van der Waals surface area contributed by atoms with E-state index in [9.17, 15) is 9.59 Å². The first-order chi connectivity index (χ1) is 9.29. The van der Waals surface area contributed by atoms with Crippen LogP contribution in [0.4, 0.5) is 10.5 Å². The second kappa shape index (κ2) is 7.12. The fourth-order valence-corrected chi connectivity index (χ4v) is 1.69. The number of amides is 2. The van der Waals surface area contributed by atoms with Crippen molar-refractivity contribution in [2.75, 3.05) is 39.5 Å². The van der Waals surface area contributed by atoms with Gasteiger partial charge in [0.2, 0.25) is 0 Å². The summed E-state index contributed by atoms with van der Waals surface area (Å²) in [6.07, 6.45) is 0.